The van der Waals surface area contributed by atoms with Crippen LogP contribution in [0.3, 0.4) is 0 Å². The van der Waals surface area contributed by atoms with Gasteiger partial charge in [0.15, 0.2) is 0 Å². The summed E-state index contributed by atoms with van der Waals surface area (Å²) in [4.78, 5) is 11.0. The molecule has 3 N–H and O–H groups in total. The van der Waals surface area contributed by atoms with Gasteiger partial charge < -0.3 is 25.0 Å². The fourth-order valence-electron chi connectivity index (χ4n) is 2.09. The molecule has 2 atom stereocenters. The van der Waals surface area contributed by atoms with Crippen molar-refractivity contribution in [2.24, 2.45) is 0 Å². The van der Waals surface area contributed by atoms with Gasteiger partial charge in [-0.2, -0.15) is 0 Å². The second kappa shape index (κ2) is 8.49. The average molecular weight is 297 g/mol. The van der Waals surface area contributed by atoms with Crippen molar-refractivity contribution in [3.63, 3.8) is 0 Å². The summed E-state index contributed by atoms with van der Waals surface area (Å²) in [5, 5.41) is 22.5. The number of carboxylic acids is 1. The van der Waals surface area contributed by atoms with Crippen LogP contribution in [0.1, 0.15) is 31.4 Å². The van der Waals surface area contributed by atoms with E-state index in [2.05, 4.69) is 5.32 Å². The smallest absolute Gasteiger partial charge is 0.305 e. The maximum absolute atomic E-state index is 11.0. The first-order valence-corrected chi connectivity index (χ1v) is 6.88. The van der Waals surface area contributed by atoms with Crippen LogP contribution in [0.15, 0.2) is 18.2 Å². The number of rotatable bonds is 9. The minimum atomic E-state index is -0.978. The molecular formula is C15H23NO5. The van der Waals surface area contributed by atoms with Gasteiger partial charge in [-0.05, 0) is 25.1 Å². The molecule has 2 unspecified atom stereocenters. The standard InChI is InChI=1S/C15H23NO5/c1-4-7-16-12(9-14(17)18)15(19)11-6-5-10(20-2)8-13(11)21-3/h5-6,8,12,15-16,19H,4,7,9H2,1-3H3,(H,17,18). The van der Waals surface area contributed by atoms with Crippen LogP contribution in [0.2, 0.25) is 0 Å². The summed E-state index contributed by atoms with van der Waals surface area (Å²) in [5.41, 5.74) is 0.535. The van der Waals surface area contributed by atoms with Gasteiger partial charge in [0.25, 0.3) is 0 Å². The molecule has 6 heteroatoms. The number of hydrogen-bond donors (Lipinski definition) is 3. The van der Waals surface area contributed by atoms with Crippen LogP contribution in [0.5, 0.6) is 11.5 Å². The second-order valence-corrected chi connectivity index (χ2v) is 4.71. The minimum Gasteiger partial charge on any atom is -0.497 e. The number of aliphatic hydroxyl groups is 1. The Morgan fingerprint density at radius 2 is 2.05 bits per heavy atom. The Kier molecular flexibility index (Phi) is 6.98. The van der Waals surface area contributed by atoms with Gasteiger partial charge in [-0.1, -0.05) is 6.92 Å². The van der Waals surface area contributed by atoms with E-state index in [0.717, 1.165) is 6.42 Å². The lowest BCUT2D eigenvalue weighted by molar-refractivity contribution is -0.138. The van der Waals surface area contributed by atoms with Crippen molar-refractivity contribution < 1.29 is 24.5 Å². The minimum absolute atomic E-state index is 0.170. The van der Waals surface area contributed by atoms with Crippen LogP contribution in [-0.2, 0) is 4.79 Å². The molecule has 1 aromatic carbocycles. The topological polar surface area (TPSA) is 88.0 Å². The first kappa shape index (κ1) is 17.3. The zero-order chi connectivity index (χ0) is 15.8. The Balaban J connectivity index is 3.00. The molecule has 0 spiro atoms. The van der Waals surface area contributed by atoms with Crippen LogP contribution in [-0.4, -0.2) is 43.0 Å². The van der Waals surface area contributed by atoms with Gasteiger partial charge in [0.2, 0.25) is 0 Å². The van der Waals surface area contributed by atoms with Crippen LogP contribution in [0.25, 0.3) is 0 Å². The third kappa shape index (κ3) is 4.91. The van der Waals surface area contributed by atoms with Crippen molar-refractivity contribution in [2.75, 3.05) is 20.8 Å². The maximum atomic E-state index is 11.0. The number of carbonyl (C=O) groups is 1. The van der Waals surface area contributed by atoms with E-state index in [-0.39, 0.29) is 6.42 Å². The Bertz CT molecular complexity index is 463. The van der Waals surface area contributed by atoms with Crippen molar-refractivity contribution in [3.8, 4) is 11.5 Å². The predicted octanol–water partition coefficient (Wildman–Crippen LogP) is 1.58. The van der Waals surface area contributed by atoms with Crippen LogP contribution >= 0.6 is 0 Å². The van der Waals surface area contributed by atoms with E-state index in [1.165, 1.54) is 7.11 Å². The largest absolute Gasteiger partial charge is 0.497 e. The summed E-state index contributed by atoms with van der Waals surface area (Å²) in [6.07, 6.45) is -0.299. The van der Waals surface area contributed by atoms with Gasteiger partial charge >= 0.3 is 5.97 Å². The van der Waals surface area contributed by atoms with Crippen molar-refractivity contribution in [3.05, 3.63) is 23.8 Å². The van der Waals surface area contributed by atoms with E-state index in [4.69, 9.17) is 14.6 Å². The summed E-state index contributed by atoms with van der Waals surface area (Å²) in [6.45, 7) is 2.61. The summed E-state index contributed by atoms with van der Waals surface area (Å²) >= 11 is 0. The quantitative estimate of drug-likeness (QED) is 0.641. The van der Waals surface area contributed by atoms with Crippen LogP contribution in [0.4, 0.5) is 0 Å². The van der Waals surface area contributed by atoms with Crippen LogP contribution < -0.4 is 14.8 Å². The van der Waals surface area contributed by atoms with Crippen molar-refractivity contribution in [1.29, 1.82) is 0 Å². The highest BCUT2D eigenvalue weighted by atomic mass is 16.5. The van der Waals surface area contributed by atoms with Crippen molar-refractivity contribution in [1.82, 2.24) is 5.32 Å². The summed E-state index contributed by atoms with van der Waals surface area (Å²) in [7, 11) is 3.04. The molecule has 0 amide bonds. The first-order chi connectivity index (χ1) is 10.0. The van der Waals surface area contributed by atoms with E-state index < -0.39 is 18.1 Å². The molecule has 0 bridgehead atoms. The number of aliphatic hydroxyl groups excluding tert-OH is 1. The normalized spacial score (nSPS) is 13.5. The highest BCUT2D eigenvalue weighted by molar-refractivity contribution is 5.67. The van der Waals surface area contributed by atoms with E-state index in [1.54, 1.807) is 25.3 Å². The Hall–Kier alpha value is -1.79. The summed E-state index contributed by atoms with van der Waals surface area (Å²) in [6, 6.07) is 4.48. The molecular weight excluding hydrogens is 274 g/mol. The number of hydrogen-bond acceptors (Lipinski definition) is 5. The molecule has 0 aromatic heterocycles. The highest BCUT2D eigenvalue weighted by Gasteiger charge is 2.25. The van der Waals surface area contributed by atoms with Crippen molar-refractivity contribution in [2.45, 2.75) is 31.9 Å². The van der Waals surface area contributed by atoms with Gasteiger partial charge in [0.05, 0.1) is 26.7 Å². The fraction of sp³-hybridized carbons (Fsp3) is 0.533. The molecule has 1 rings (SSSR count). The molecule has 0 aliphatic heterocycles. The number of ether oxygens (including phenoxy) is 2. The Morgan fingerprint density at radius 1 is 1.33 bits per heavy atom. The van der Waals surface area contributed by atoms with E-state index >= 15 is 0 Å². The number of methoxy groups -OCH3 is 2. The van der Waals surface area contributed by atoms with Gasteiger partial charge in [0.1, 0.15) is 11.5 Å². The maximum Gasteiger partial charge on any atom is 0.305 e. The average Bonchev–Trinajstić information content (AvgIpc) is 2.49. The zero-order valence-corrected chi connectivity index (χ0v) is 12.6. The fourth-order valence-corrected chi connectivity index (χ4v) is 2.09. The lowest BCUT2D eigenvalue weighted by Crippen LogP contribution is -2.37. The molecule has 0 saturated heterocycles. The molecule has 0 aliphatic carbocycles. The van der Waals surface area contributed by atoms with Gasteiger partial charge in [-0.3, -0.25) is 4.79 Å². The molecule has 0 fully saturated rings. The van der Waals surface area contributed by atoms with E-state index in [1.807, 2.05) is 6.92 Å². The van der Waals surface area contributed by atoms with Gasteiger partial charge in [-0.15, -0.1) is 0 Å². The van der Waals surface area contributed by atoms with Crippen LogP contribution in [0, 0.1) is 0 Å². The Labute approximate surface area is 124 Å². The third-order valence-corrected chi connectivity index (χ3v) is 3.19. The molecule has 6 nitrogen and oxygen atoms in total. The molecule has 0 aliphatic rings. The lowest BCUT2D eigenvalue weighted by atomic mass is 9.98. The SMILES string of the molecule is CCCNC(CC(=O)O)C(O)c1ccc(OC)cc1OC. The molecule has 118 valence electrons. The molecule has 0 heterocycles. The predicted molar refractivity (Wildman–Crippen MR) is 78.8 cm³/mol. The first-order valence-electron chi connectivity index (χ1n) is 6.88. The number of aliphatic carboxylic acids is 1. The van der Waals surface area contributed by atoms with E-state index in [0.29, 0.717) is 23.6 Å². The van der Waals surface area contributed by atoms with Gasteiger partial charge in [0, 0.05) is 17.7 Å². The second-order valence-electron chi connectivity index (χ2n) is 4.71. The summed E-state index contributed by atoms with van der Waals surface area (Å²) < 4.78 is 10.4. The van der Waals surface area contributed by atoms with Gasteiger partial charge in [-0.25, -0.2) is 0 Å². The molecule has 0 radical (unpaired) electrons. The highest BCUT2D eigenvalue weighted by Crippen LogP contribution is 2.31. The monoisotopic (exact) mass is 297 g/mol. The number of carboxylic acid groups (broad SMARTS) is 1. The number of benzene rings is 1. The zero-order valence-electron chi connectivity index (χ0n) is 12.6. The number of nitrogens with one attached hydrogen (secondary N) is 1. The summed E-state index contributed by atoms with van der Waals surface area (Å²) in [5.74, 6) is 0.116. The molecule has 0 saturated carbocycles. The molecule has 1 aromatic rings. The van der Waals surface area contributed by atoms with E-state index in [9.17, 15) is 9.90 Å². The van der Waals surface area contributed by atoms with Crippen molar-refractivity contribution >= 4 is 5.97 Å². The Morgan fingerprint density at radius 3 is 2.57 bits per heavy atom. The lowest BCUT2D eigenvalue weighted by Gasteiger charge is -2.24. The molecule has 21 heavy (non-hydrogen) atoms. The third-order valence-electron chi connectivity index (χ3n) is 3.19.